The number of aryl methyl sites for hydroxylation is 1. The van der Waals surface area contributed by atoms with E-state index in [9.17, 15) is 9.90 Å². The van der Waals surface area contributed by atoms with Gasteiger partial charge < -0.3 is 5.11 Å². The van der Waals surface area contributed by atoms with Crippen molar-refractivity contribution < 1.29 is 9.90 Å². The highest BCUT2D eigenvalue weighted by atomic mass is 32.1. The molecule has 4 rings (SSSR count). The smallest absolute Gasteiger partial charge is 0.303 e. The Kier molecular flexibility index (Phi) is 5.59. The molecular formula is C26H22O2S. The van der Waals surface area contributed by atoms with Crippen LogP contribution in [0.25, 0.3) is 0 Å². The summed E-state index contributed by atoms with van der Waals surface area (Å²) in [5.74, 6) is -0.769. The van der Waals surface area contributed by atoms with E-state index in [1.807, 2.05) is 18.2 Å². The van der Waals surface area contributed by atoms with E-state index < -0.39 is 11.4 Å². The Hall–Kier alpha value is -3.17. The van der Waals surface area contributed by atoms with E-state index in [2.05, 4.69) is 84.2 Å². The molecule has 0 saturated heterocycles. The van der Waals surface area contributed by atoms with Crippen molar-refractivity contribution in [3.63, 3.8) is 0 Å². The lowest BCUT2D eigenvalue weighted by atomic mass is 9.65. The first kappa shape index (κ1) is 19.2. The van der Waals surface area contributed by atoms with Crippen LogP contribution in [0.3, 0.4) is 0 Å². The number of carboxylic acids is 1. The second-order valence-electron chi connectivity index (χ2n) is 7.00. The Balaban J connectivity index is 2.05. The number of rotatable bonds is 7. The summed E-state index contributed by atoms with van der Waals surface area (Å²) >= 11 is 1.64. The monoisotopic (exact) mass is 398 g/mol. The maximum atomic E-state index is 11.3. The number of carboxylic acid groups (broad SMARTS) is 1. The van der Waals surface area contributed by atoms with E-state index >= 15 is 0 Å². The number of hydrogen-bond donors (Lipinski definition) is 1. The third-order valence-electron chi connectivity index (χ3n) is 5.34. The standard InChI is InChI=1S/C26H22O2S/c27-25(28)17-16-24-23(18-19-29-24)26(20-10-4-1-5-11-20,21-12-6-2-7-13-21)22-14-8-3-9-15-22/h1-15,18-19H,16-17H2,(H,27,28). The van der Waals surface area contributed by atoms with Crippen LogP contribution < -0.4 is 0 Å². The van der Waals surface area contributed by atoms with E-state index in [1.165, 1.54) is 16.7 Å². The SMILES string of the molecule is O=C(O)CCc1sccc1C(c1ccccc1)(c1ccccc1)c1ccccc1. The lowest BCUT2D eigenvalue weighted by Crippen LogP contribution is -2.31. The van der Waals surface area contributed by atoms with E-state index in [0.29, 0.717) is 6.42 Å². The second-order valence-corrected chi connectivity index (χ2v) is 8.00. The van der Waals surface area contributed by atoms with Gasteiger partial charge in [-0.1, -0.05) is 91.0 Å². The van der Waals surface area contributed by atoms with Gasteiger partial charge in [0.25, 0.3) is 0 Å². The zero-order valence-electron chi connectivity index (χ0n) is 16.0. The number of carbonyl (C=O) groups is 1. The molecular weight excluding hydrogens is 376 g/mol. The van der Waals surface area contributed by atoms with Crippen LogP contribution in [-0.4, -0.2) is 11.1 Å². The zero-order valence-corrected chi connectivity index (χ0v) is 16.8. The molecule has 0 amide bonds. The highest BCUT2D eigenvalue weighted by Gasteiger charge is 2.40. The van der Waals surface area contributed by atoms with Crippen molar-refractivity contribution in [2.45, 2.75) is 18.3 Å². The molecule has 1 aromatic heterocycles. The van der Waals surface area contributed by atoms with Gasteiger partial charge in [-0.3, -0.25) is 4.79 Å². The maximum absolute atomic E-state index is 11.3. The minimum Gasteiger partial charge on any atom is -0.481 e. The molecule has 144 valence electrons. The maximum Gasteiger partial charge on any atom is 0.303 e. The summed E-state index contributed by atoms with van der Waals surface area (Å²) in [5, 5.41) is 11.3. The second kappa shape index (κ2) is 8.46. The summed E-state index contributed by atoms with van der Waals surface area (Å²) in [4.78, 5) is 12.4. The molecule has 0 bridgehead atoms. The zero-order chi connectivity index (χ0) is 20.1. The van der Waals surface area contributed by atoms with Crippen LogP contribution in [0.4, 0.5) is 0 Å². The summed E-state index contributed by atoms with van der Waals surface area (Å²) in [6, 6.07) is 33.7. The van der Waals surface area contributed by atoms with Crippen molar-refractivity contribution in [2.75, 3.05) is 0 Å². The molecule has 0 aliphatic carbocycles. The van der Waals surface area contributed by atoms with Crippen molar-refractivity contribution in [2.24, 2.45) is 0 Å². The molecule has 0 aliphatic heterocycles. The van der Waals surface area contributed by atoms with Gasteiger partial charge in [-0.25, -0.2) is 0 Å². The number of thiophene rings is 1. The predicted molar refractivity (Wildman–Crippen MR) is 119 cm³/mol. The summed E-state index contributed by atoms with van der Waals surface area (Å²) in [5.41, 5.74) is 4.18. The van der Waals surface area contributed by atoms with Gasteiger partial charge in [0.1, 0.15) is 0 Å². The molecule has 0 aliphatic rings. The third-order valence-corrected chi connectivity index (χ3v) is 6.32. The first-order valence-corrected chi connectivity index (χ1v) is 10.6. The molecule has 0 radical (unpaired) electrons. The molecule has 2 nitrogen and oxygen atoms in total. The molecule has 0 unspecified atom stereocenters. The van der Waals surface area contributed by atoms with Crippen LogP contribution >= 0.6 is 11.3 Å². The topological polar surface area (TPSA) is 37.3 Å². The minimum absolute atomic E-state index is 0.127. The van der Waals surface area contributed by atoms with Crippen LogP contribution in [0.5, 0.6) is 0 Å². The molecule has 1 heterocycles. The molecule has 3 heteroatoms. The molecule has 0 spiro atoms. The fraction of sp³-hybridized carbons (Fsp3) is 0.115. The van der Waals surface area contributed by atoms with Crippen LogP contribution in [0.1, 0.15) is 33.6 Å². The number of aliphatic carboxylic acids is 1. The van der Waals surface area contributed by atoms with Crippen molar-refractivity contribution in [3.05, 3.63) is 130 Å². The van der Waals surface area contributed by atoms with Crippen molar-refractivity contribution >= 4 is 17.3 Å². The van der Waals surface area contributed by atoms with E-state index in [-0.39, 0.29) is 6.42 Å². The molecule has 4 aromatic rings. The summed E-state index contributed by atoms with van der Waals surface area (Å²) < 4.78 is 0. The van der Waals surface area contributed by atoms with Gasteiger partial charge in [-0.2, -0.15) is 0 Å². The average molecular weight is 399 g/mol. The third kappa shape index (κ3) is 3.62. The van der Waals surface area contributed by atoms with Crippen molar-refractivity contribution in [1.82, 2.24) is 0 Å². The fourth-order valence-electron chi connectivity index (χ4n) is 4.12. The first-order chi connectivity index (χ1) is 14.2. The van der Waals surface area contributed by atoms with Gasteiger partial charge in [0.05, 0.1) is 11.8 Å². The Morgan fingerprint density at radius 1 is 0.724 bits per heavy atom. The Labute approximate surface area is 175 Å². The highest BCUT2D eigenvalue weighted by molar-refractivity contribution is 7.10. The molecule has 0 saturated carbocycles. The molecule has 29 heavy (non-hydrogen) atoms. The normalized spacial score (nSPS) is 11.3. The van der Waals surface area contributed by atoms with Crippen LogP contribution in [0, 0.1) is 0 Å². The lowest BCUT2D eigenvalue weighted by molar-refractivity contribution is -0.136. The van der Waals surface area contributed by atoms with Gasteiger partial charge in [0.2, 0.25) is 0 Å². The van der Waals surface area contributed by atoms with Crippen molar-refractivity contribution in [1.29, 1.82) is 0 Å². The average Bonchev–Trinajstić information content (AvgIpc) is 3.24. The van der Waals surface area contributed by atoms with E-state index in [4.69, 9.17) is 0 Å². The first-order valence-electron chi connectivity index (χ1n) is 9.68. The van der Waals surface area contributed by atoms with Crippen molar-refractivity contribution in [3.8, 4) is 0 Å². The van der Waals surface area contributed by atoms with Gasteiger partial charge in [-0.15, -0.1) is 11.3 Å². The van der Waals surface area contributed by atoms with Gasteiger partial charge in [0.15, 0.2) is 0 Å². The quantitative estimate of drug-likeness (QED) is 0.379. The van der Waals surface area contributed by atoms with Crippen LogP contribution in [0.2, 0.25) is 0 Å². The van der Waals surface area contributed by atoms with Gasteiger partial charge >= 0.3 is 5.97 Å². The van der Waals surface area contributed by atoms with Gasteiger partial charge in [-0.05, 0) is 40.1 Å². The van der Waals surface area contributed by atoms with E-state index in [1.54, 1.807) is 11.3 Å². The largest absolute Gasteiger partial charge is 0.481 e. The Morgan fingerprint density at radius 2 is 1.17 bits per heavy atom. The number of benzene rings is 3. The molecule has 3 aromatic carbocycles. The van der Waals surface area contributed by atoms with E-state index in [0.717, 1.165) is 10.4 Å². The molecule has 0 atom stereocenters. The lowest BCUT2D eigenvalue weighted by Gasteiger charge is -2.37. The van der Waals surface area contributed by atoms with Crippen LogP contribution in [0.15, 0.2) is 102 Å². The predicted octanol–water partition coefficient (Wildman–Crippen LogP) is 6.15. The fourth-order valence-corrected chi connectivity index (χ4v) is 5.06. The highest BCUT2D eigenvalue weighted by Crippen LogP contribution is 2.47. The summed E-state index contributed by atoms with van der Waals surface area (Å²) in [7, 11) is 0. The van der Waals surface area contributed by atoms with Crippen LogP contribution in [-0.2, 0) is 16.6 Å². The molecule has 1 N–H and O–H groups in total. The van der Waals surface area contributed by atoms with Gasteiger partial charge in [0, 0.05) is 4.88 Å². The number of hydrogen-bond acceptors (Lipinski definition) is 2. The Morgan fingerprint density at radius 3 is 1.59 bits per heavy atom. The minimum atomic E-state index is -0.769. The Bertz CT molecular complexity index is 973. The summed E-state index contributed by atoms with van der Waals surface area (Å²) in [6.07, 6.45) is 0.651. The molecule has 0 fully saturated rings. The summed E-state index contributed by atoms with van der Waals surface area (Å²) in [6.45, 7) is 0.